The second kappa shape index (κ2) is 5.63. The molecule has 0 aliphatic rings. The van der Waals surface area contributed by atoms with Crippen LogP contribution >= 0.6 is 15.9 Å². The van der Waals surface area contributed by atoms with Crippen molar-refractivity contribution in [3.8, 4) is 0 Å². The van der Waals surface area contributed by atoms with Gasteiger partial charge in [0, 0.05) is 10.2 Å². The number of nitrogen functional groups attached to an aromatic ring is 1. The molecule has 2 aromatic rings. The minimum absolute atomic E-state index is 0.0102. The first-order valence-electron chi connectivity index (χ1n) is 6.01. The first kappa shape index (κ1) is 14.5. The number of carbonyl (C=O) groups excluding carboxylic acids is 1. The summed E-state index contributed by atoms with van der Waals surface area (Å²) >= 11 is 3.35. The summed E-state index contributed by atoms with van der Waals surface area (Å²) in [6.07, 6.45) is 0. The predicted molar refractivity (Wildman–Crippen MR) is 82.4 cm³/mol. The van der Waals surface area contributed by atoms with Crippen LogP contribution < -0.4 is 11.1 Å². The quantitative estimate of drug-likeness (QED) is 0.813. The van der Waals surface area contributed by atoms with Crippen LogP contribution in [-0.4, -0.2) is 5.91 Å². The molecule has 0 atom stereocenters. The Kier molecular flexibility index (Phi) is 4.09. The summed E-state index contributed by atoms with van der Waals surface area (Å²) in [7, 11) is 0. The fraction of sp³-hybridized carbons (Fsp3) is 0.133. The van der Waals surface area contributed by atoms with Crippen molar-refractivity contribution in [2.24, 2.45) is 0 Å². The molecule has 0 aromatic heterocycles. The second-order valence-electron chi connectivity index (χ2n) is 4.63. The van der Waals surface area contributed by atoms with Gasteiger partial charge in [-0.2, -0.15) is 0 Å². The normalized spacial score (nSPS) is 10.4. The van der Waals surface area contributed by atoms with Gasteiger partial charge < -0.3 is 11.1 Å². The molecule has 0 bridgehead atoms. The predicted octanol–water partition coefficient (Wildman–Crippen LogP) is 4.04. The number of carbonyl (C=O) groups is 1. The fourth-order valence-electron chi connectivity index (χ4n) is 1.79. The largest absolute Gasteiger partial charge is 0.398 e. The molecule has 0 saturated heterocycles. The van der Waals surface area contributed by atoms with Crippen molar-refractivity contribution in [3.63, 3.8) is 0 Å². The maximum absolute atomic E-state index is 13.7. The lowest BCUT2D eigenvalue weighted by Crippen LogP contribution is -2.14. The first-order valence-corrected chi connectivity index (χ1v) is 6.81. The molecule has 20 heavy (non-hydrogen) atoms. The summed E-state index contributed by atoms with van der Waals surface area (Å²) in [5.74, 6) is -1.06. The molecule has 0 aliphatic carbocycles. The van der Waals surface area contributed by atoms with Gasteiger partial charge in [0.2, 0.25) is 0 Å². The molecule has 2 aromatic carbocycles. The molecule has 0 saturated carbocycles. The van der Waals surface area contributed by atoms with Crippen LogP contribution in [0.4, 0.5) is 15.8 Å². The van der Waals surface area contributed by atoms with Gasteiger partial charge in [0.25, 0.3) is 5.91 Å². The molecular weight excluding hydrogens is 323 g/mol. The van der Waals surface area contributed by atoms with Gasteiger partial charge >= 0.3 is 0 Å². The van der Waals surface area contributed by atoms with E-state index >= 15 is 0 Å². The molecule has 0 fully saturated rings. The highest BCUT2D eigenvalue weighted by atomic mass is 79.9. The maximum Gasteiger partial charge on any atom is 0.258 e. The van der Waals surface area contributed by atoms with E-state index in [1.165, 1.54) is 12.1 Å². The van der Waals surface area contributed by atoms with Crippen LogP contribution in [0.15, 0.2) is 34.8 Å². The van der Waals surface area contributed by atoms with Crippen LogP contribution in [0.25, 0.3) is 0 Å². The summed E-state index contributed by atoms with van der Waals surface area (Å²) in [4.78, 5) is 12.1. The van der Waals surface area contributed by atoms with E-state index in [2.05, 4.69) is 21.2 Å². The van der Waals surface area contributed by atoms with Gasteiger partial charge in [0.1, 0.15) is 5.82 Å². The number of rotatable bonds is 2. The zero-order valence-electron chi connectivity index (χ0n) is 11.1. The number of benzene rings is 2. The van der Waals surface area contributed by atoms with E-state index in [0.29, 0.717) is 15.8 Å². The Balaban J connectivity index is 2.32. The highest BCUT2D eigenvalue weighted by Crippen LogP contribution is 2.28. The van der Waals surface area contributed by atoms with Crippen molar-refractivity contribution in [2.45, 2.75) is 13.8 Å². The molecule has 0 spiro atoms. The summed E-state index contributed by atoms with van der Waals surface area (Å²) < 4.78 is 14.4. The molecule has 0 radical (unpaired) electrons. The minimum Gasteiger partial charge on any atom is -0.398 e. The number of nitrogens with two attached hydrogens (primary N) is 1. The number of amides is 1. The van der Waals surface area contributed by atoms with E-state index in [-0.39, 0.29) is 5.56 Å². The fourth-order valence-corrected chi connectivity index (χ4v) is 2.34. The van der Waals surface area contributed by atoms with Crippen molar-refractivity contribution in [2.75, 3.05) is 11.1 Å². The number of halogens is 2. The van der Waals surface area contributed by atoms with E-state index in [4.69, 9.17) is 5.73 Å². The third kappa shape index (κ3) is 2.99. The second-order valence-corrected chi connectivity index (χ2v) is 5.48. The first-order chi connectivity index (χ1) is 9.38. The molecule has 3 nitrogen and oxygen atoms in total. The SMILES string of the molecule is Cc1ccc(F)c(C(=O)Nc2cc(N)c(C)cc2Br)c1. The smallest absolute Gasteiger partial charge is 0.258 e. The number of nitrogens with one attached hydrogen (secondary N) is 1. The Labute approximate surface area is 125 Å². The standard InChI is InChI=1S/C15H14BrFN2O/c1-8-3-4-12(17)10(5-8)15(20)19-14-7-13(18)9(2)6-11(14)16/h3-7H,18H2,1-2H3,(H,19,20). The topological polar surface area (TPSA) is 55.1 Å². The molecule has 1 amide bonds. The van der Waals surface area contributed by atoms with Crippen molar-refractivity contribution < 1.29 is 9.18 Å². The van der Waals surface area contributed by atoms with E-state index in [1.807, 2.05) is 6.92 Å². The molecule has 0 aliphatic heterocycles. The lowest BCUT2D eigenvalue weighted by molar-refractivity contribution is 0.102. The summed E-state index contributed by atoms with van der Waals surface area (Å²) in [5.41, 5.74) is 8.62. The lowest BCUT2D eigenvalue weighted by Gasteiger charge is -2.11. The van der Waals surface area contributed by atoms with Crippen molar-refractivity contribution in [1.29, 1.82) is 0 Å². The maximum atomic E-state index is 13.7. The van der Waals surface area contributed by atoms with Gasteiger partial charge in [-0.25, -0.2) is 4.39 Å². The lowest BCUT2D eigenvalue weighted by atomic mass is 10.1. The van der Waals surface area contributed by atoms with Crippen molar-refractivity contribution in [1.82, 2.24) is 0 Å². The van der Waals surface area contributed by atoms with Crippen LogP contribution in [0, 0.1) is 19.7 Å². The minimum atomic E-state index is -0.552. The molecular formula is C15H14BrFN2O. The van der Waals surface area contributed by atoms with Crippen LogP contribution in [0.5, 0.6) is 0 Å². The Hall–Kier alpha value is -1.88. The van der Waals surface area contributed by atoms with Gasteiger partial charge in [-0.1, -0.05) is 11.6 Å². The Bertz CT molecular complexity index is 686. The molecule has 0 heterocycles. The molecule has 3 N–H and O–H groups in total. The molecule has 104 valence electrons. The summed E-state index contributed by atoms with van der Waals surface area (Å²) in [6, 6.07) is 7.85. The molecule has 2 rings (SSSR count). The van der Waals surface area contributed by atoms with Crippen LogP contribution in [-0.2, 0) is 0 Å². The van der Waals surface area contributed by atoms with Crippen LogP contribution in [0.3, 0.4) is 0 Å². The Morgan fingerprint density at radius 2 is 1.95 bits per heavy atom. The highest BCUT2D eigenvalue weighted by molar-refractivity contribution is 9.10. The summed E-state index contributed by atoms with van der Waals surface area (Å²) in [6.45, 7) is 3.67. The van der Waals surface area contributed by atoms with Crippen LogP contribution in [0.2, 0.25) is 0 Å². The van der Waals surface area contributed by atoms with E-state index in [9.17, 15) is 9.18 Å². The van der Waals surface area contributed by atoms with E-state index < -0.39 is 11.7 Å². The highest BCUT2D eigenvalue weighted by Gasteiger charge is 2.14. The third-order valence-corrected chi connectivity index (χ3v) is 3.63. The van der Waals surface area contributed by atoms with Gasteiger partial charge in [-0.3, -0.25) is 4.79 Å². The van der Waals surface area contributed by atoms with Gasteiger partial charge in [-0.05, 0) is 59.6 Å². The number of aryl methyl sites for hydroxylation is 2. The number of hydrogen-bond acceptors (Lipinski definition) is 2. The number of anilines is 2. The summed E-state index contributed by atoms with van der Waals surface area (Å²) in [5, 5.41) is 2.66. The number of hydrogen-bond donors (Lipinski definition) is 2. The van der Waals surface area contributed by atoms with Gasteiger partial charge in [-0.15, -0.1) is 0 Å². The van der Waals surface area contributed by atoms with Crippen molar-refractivity contribution >= 4 is 33.2 Å². The average molecular weight is 337 g/mol. The third-order valence-electron chi connectivity index (χ3n) is 2.97. The van der Waals surface area contributed by atoms with E-state index in [0.717, 1.165) is 11.1 Å². The van der Waals surface area contributed by atoms with E-state index in [1.54, 1.807) is 25.1 Å². The average Bonchev–Trinajstić information content (AvgIpc) is 2.38. The molecule has 5 heteroatoms. The Morgan fingerprint density at radius 3 is 2.65 bits per heavy atom. The van der Waals surface area contributed by atoms with Crippen molar-refractivity contribution in [3.05, 3.63) is 57.3 Å². The van der Waals surface area contributed by atoms with Gasteiger partial charge in [0.15, 0.2) is 0 Å². The molecule has 0 unspecified atom stereocenters. The zero-order valence-corrected chi connectivity index (χ0v) is 12.7. The van der Waals surface area contributed by atoms with Crippen LogP contribution in [0.1, 0.15) is 21.5 Å². The van der Waals surface area contributed by atoms with Gasteiger partial charge in [0.05, 0.1) is 11.3 Å². The Morgan fingerprint density at radius 1 is 1.25 bits per heavy atom. The zero-order chi connectivity index (χ0) is 14.9. The monoisotopic (exact) mass is 336 g/mol.